The fourth-order valence-corrected chi connectivity index (χ4v) is 4.78. The number of rotatable bonds is 6. The fourth-order valence-electron chi connectivity index (χ4n) is 2.29. The highest BCUT2D eigenvalue weighted by molar-refractivity contribution is 7.99. The van der Waals surface area contributed by atoms with E-state index in [-0.39, 0.29) is 34.9 Å². The van der Waals surface area contributed by atoms with Gasteiger partial charge in [0.25, 0.3) is 0 Å². The fraction of sp³-hybridized carbons (Fsp3) is 0.857. The van der Waals surface area contributed by atoms with Crippen molar-refractivity contribution in [3.05, 3.63) is 0 Å². The molecule has 0 saturated carbocycles. The Balaban J connectivity index is 2.78. The number of carboxylic acids is 1. The molecule has 5 nitrogen and oxygen atoms in total. The standard InChI is InChI=1S/C14H27NO4SSi/c1-9(19-21(6,7)14(2,3)4)11-12(18)15(8-10(16)17)13(11)20-5/h9,11,13H,8H2,1-7H3,(H,16,17). The molecule has 21 heavy (non-hydrogen) atoms. The second-order valence-electron chi connectivity index (χ2n) is 7.10. The molecule has 7 heteroatoms. The van der Waals surface area contributed by atoms with Gasteiger partial charge in [-0.3, -0.25) is 9.59 Å². The van der Waals surface area contributed by atoms with E-state index in [9.17, 15) is 9.59 Å². The average Bonchev–Trinajstić information content (AvgIpc) is 2.29. The maximum Gasteiger partial charge on any atom is 0.323 e. The largest absolute Gasteiger partial charge is 0.480 e. The average molecular weight is 334 g/mol. The minimum Gasteiger partial charge on any atom is -0.480 e. The van der Waals surface area contributed by atoms with Gasteiger partial charge in [-0.15, -0.1) is 11.8 Å². The third-order valence-corrected chi connectivity index (χ3v) is 10.1. The van der Waals surface area contributed by atoms with Gasteiger partial charge < -0.3 is 14.4 Å². The van der Waals surface area contributed by atoms with Gasteiger partial charge in [0, 0.05) is 0 Å². The molecule has 1 aliphatic rings. The van der Waals surface area contributed by atoms with Crippen LogP contribution in [0, 0.1) is 5.92 Å². The molecule has 0 aliphatic carbocycles. The maximum atomic E-state index is 12.2. The number of amides is 1. The summed E-state index contributed by atoms with van der Waals surface area (Å²) in [4.78, 5) is 24.5. The van der Waals surface area contributed by atoms with Crippen LogP contribution in [0.5, 0.6) is 0 Å². The van der Waals surface area contributed by atoms with Crippen molar-refractivity contribution in [3.8, 4) is 0 Å². The van der Waals surface area contributed by atoms with Crippen molar-refractivity contribution in [2.24, 2.45) is 5.92 Å². The molecule has 0 aromatic carbocycles. The van der Waals surface area contributed by atoms with Gasteiger partial charge in [0.05, 0.1) is 17.4 Å². The minimum atomic E-state index is -1.94. The van der Waals surface area contributed by atoms with Gasteiger partial charge in [0.15, 0.2) is 8.32 Å². The first-order chi connectivity index (χ1) is 9.42. The number of aliphatic carboxylic acids is 1. The summed E-state index contributed by atoms with van der Waals surface area (Å²) in [6, 6.07) is 0. The predicted molar refractivity (Wildman–Crippen MR) is 87.9 cm³/mol. The molecule has 1 rings (SSSR count). The Morgan fingerprint density at radius 2 is 2.00 bits per heavy atom. The number of hydrogen-bond donors (Lipinski definition) is 1. The Hall–Kier alpha value is -0.533. The van der Waals surface area contributed by atoms with E-state index in [1.807, 2.05) is 13.2 Å². The van der Waals surface area contributed by atoms with Crippen LogP contribution in [0.1, 0.15) is 27.7 Å². The lowest BCUT2D eigenvalue weighted by Gasteiger charge is -2.50. The van der Waals surface area contributed by atoms with Crippen LogP contribution in [0.25, 0.3) is 0 Å². The van der Waals surface area contributed by atoms with Crippen LogP contribution in [0.3, 0.4) is 0 Å². The molecule has 3 atom stereocenters. The Morgan fingerprint density at radius 3 is 2.38 bits per heavy atom. The first-order valence-corrected chi connectivity index (χ1v) is 11.3. The molecule has 0 spiro atoms. The first kappa shape index (κ1) is 18.5. The Bertz CT molecular complexity index is 422. The monoisotopic (exact) mass is 333 g/mol. The van der Waals surface area contributed by atoms with E-state index < -0.39 is 14.3 Å². The second-order valence-corrected chi connectivity index (χ2v) is 12.8. The molecular weight excluding hydrogens is 306 g/mol. The summed E-state index contributed by atoms with van der Waals surface area (Å²) in [5.41, 5.74) is 0. The van der Waals surface area contributed by atoms with Crippen molar-refractivity contribution in [2.75, 3.05) is 12.8 Å². The number of thioether (sulfide) groups is 1. The van der Waals surface area contributed by atoms with Crippen LogP contribution in [-0.4, -0.2) is 54.5 Å². The highest BCUT2D eigenvalue weighted by atomic mass is 32.2. The summed E-state index contributed by atoms with van der Waals surface area (Å²) in [5.74, 6) is -1.32. The van der Waals surface area contributed by atoms with E-state index in [0.29, 0.717) is 0 Å². The van der Waals surface area contributed by atoms with E-state index in [4.69, 9.17) is 9.53 Å². The number of carbonyl (C=O) groups excluding carboxylic acids is 1. The number of nitrogens with zero attached hydrogens (tertiary/aromatic N) is 1. The first-order valence-electron chi connectivity index (χ1n) is 7.15. The quantitative estimate of drug-likeness (QED) is 0.598. The van der Waals surface area contributed by atoms with Crippen LogP contribution in [0.15, 0.2) is 0 Å². The second kappa shape index (κ2) is 6.30. The van der Waals surface area contributed by atoms with E-state index >= 15 is 0 Å². The smallest absolute Gasteiger partial charge is 0.323 e. The van der Waals surface area contributed by atoms with Gasteiger partial charge in [-0.2, -0.15) is 0 Å². The molecule has 1 fully saturated rings. The Labute approximate surface area is 132 Å². The van der Waals surface area contributed by atoms with Gasteiger partial charge in [0.1, 0.15) is 6.54 Å². The number of hydrogen-bond acceptors (Lipinski definition) is 4. The van der Waals surface area contributed by atoms with E-state index in [2.05, 4.69) is 33.9 Å². The molecule has 1 N–H and O–H groups in total. The normalized spacial score (nSPS) is 24.7. The van der Waals surface area contributed by atoms with Crippen molar-refractivity contribution < 1.29 is 19.1 Å². The summed E-state index contributed by atoms with van der Waals surface area (Å²) in [5, 5.41) is 8.85. The van der Waals surface area contributed by atoms with Crippen molar-refractivity contribution in [1.29, 1.82) is 0 Å². The molecule has 0 aromatic rings. The molecule has 0 radical (unpaired) electrons. The molecular formula is C14H27NO4SSi. The summed E-state index contributed by atoms with van der Waals surface area (Å²) in [6.45, 7) is 12.5. The lowest BCUT2D eigenvalue weighted by molar-refractivity contribution is -0.162. The molecule has 0 bridgehead atoms. The lowest BCUT2D eigenvalue weighted by Crippen LogP contribution is -2.65. The van der Waals surface area contributed by atoms with Gasteiger partial charge in [-0.05, 0) is 31.3 Å². The van der Waals surface area contributed by atoms with Gasteiger partial charge in [-0.25, -0.2) is 0 Å². The number of likely N-dealkylation sites (tertiary alicyclic amines) is 1. The lowest BCUT2D eigenvalue weighted by atomic mass is 9.93. The van der Waals surface area contributed by atoms with Crippen LogP contribution in [-0.2, 0) is 14.0 Å². The van der Waals surface area contributed by atoms with Crippen molar-refractivity contribution in [2.45, 2.75) is 57.3 Å². The van der Waals surface area contributed by atoms with Crippen molar-refractivity contribution in [3.63, 3.8) is 0 Å². The zero-order valence-corrected chi connectivity index (χ0v) is 15.8. The van der Waals surface area contributed by atoms with Gasteiger partial charge >= 0.3 is 5.97 Å². The molecule has 122 valence electrons. The predicted octanol–water partition coefficient (Wildman–Crippen LogP) is 2.63. The zero-order chi connectivity index (χ0) is 16.6. The molecule has 1 saturated heterocycles. The minimum absolute atomic E-state index is 0.0870. The topological polar surface area (TPSA) is 66.8 Å². The summed E-state index contributed by atoms with van der Waals surface area (Å²) >= 11 is 1.51. The van der Waals surface area contributed by atoms with E-state index in [0.717, 1.165) is 0 Å². The molecule has 1 heterocycles. The highest BCUT2D eigenvalue weighted by Gasteiger charge is 2.52. The summed E-state index contributed by atoms with van der Waals surface area (Å²) in [7, 11) is -1.94. The van der Waals surface area contributed by atoms with E-state index in [1.165, 1.54) is 16.7 Å². The van der Waals surface area contributed by atoms with Gasteiger partial charge in [0.2, 0.25) is 5.91 Å². The SMILES string of the molecule is CSC1C(C(C)O[Si](C)(C)C(C)(C)C)C(=O)N1CC(=O)O. The molecule has 0 aromatic heterocycles. The van der Waals surface area contributed by atoms with Crippen molar-refractivity contribution in [1.82, 2.24) is 4.90 Å². The van der Waals surface area contributed by atoms with Crippen LogP contribution in [0.2, 0.25) is 18.1 Å². The van der Waals surface area contributed by atoms with Crippen LogP contribution in [0.4, 0.5) is 0 Å². The zero-order valence-electron chi connectivity index (χ0n) is 14.0. The Morgan fingerprint density at radius 1 is 1.48 bits per heavy atom. The van der Waals surface area contributed by atoms with Crippen molar-refractivity contribution >= 4 is 32.0 Å². The molecule has 1 aliphatic heterocycles. The molecule has 1 amide bonds. The van der Waals surface area contributed by atoms with Crippen LogP contribution >= 0.6 is 11.8 Å². The number of β-lactam (4-membered cyclic amide) rings is 1. The highest BCUT2D eigenvalue weighted by Crippen LogP contribution is 2.42. The van der Waals surface area contributed by atoms with Gasteiger partial charge in [-0.1, -0.05) is 20.8 Å². The number of carboxylic acid groups (broad SMARTS) is 1. The third kappa shape index (κ3) is 3.81. The number of carbonyl (C=O) groups is 2. The third-order valence-electron chi connectivity index (χ3n) is 4.52. The summed E-state index contributed by atoms with van der Waals surface area (Å²) in [6.07, 6.45) is 1.72. The summed E-state index contributed by atoms with van der Waals surface area (Å²) < 4.78 is 6.29. The molecule has 3 unspecified atom stereocenters. The van der Waals surface area contributed by atoms with E-state index in [1.54, 1.807) is 0 Å². The van der Waals surface area contributed by atoms with Crippen LogP contribution < -0.4 is 0 Å². The maximum absolute atomic E-state index is 12.2. The Kier molecular flexibility index (Phi) is 5.55.